The van der Waals surface area contributed by atoms with Crippen LogP contribution in [0.2, 0.25) is 0 Å². The second-order valence-corrected chi connectivity index (χ2v) is 5.71. The number of hydrogen-bond acceptors (Lipinski definition) is 3. The first kappa shape index (κ1) is 15.8. The van der Waals surface area contributed by atoms with Gasteiger partial charge in [-0.3, -0.25) is 0 Å². The van der Waals surface area contributed by atoms with E-state index in [1.54, 1.807) is 0 Å². The van der Waals surface area contributed by atoms with Gasteiger partial charge in [0.25, 0.3) is 0 Å². The molecule has 1 aromatic carbocycles. The number of hydrogen-bond donors (Lipinski definition) is 1. The van der Waals surface area contributed by atoms with E-state index in [1.165, 1.54) is 5.56 Å². The van der Waals surface area contributed by atoms with E-state index in [1.807, 2.05) is 19.2 Å². The molecule has 0 spiro atoms. The van der Waals surface area contributed by atoms with Crippen LogP contribution in [-0.2, 0) is 6.54 Å². The van der Waals surface area contributed by atoms with Gasteiger partial charge in [-0.25, -0.2) is 0 Å². The number of rotatable bonds is 8. The summed E-state index contributed by atoms with van der Waals surface area (Å²) in [4.78, 5) is 0. The molecule has 0 aliphatic carbocycles. The zero-order valence-corrected chi connectivity index (χ0v) is 12.8. The summed E-state index contributed by atoms with van der Waals surface area (Å²) < 4.78 is 11.6. The fourth-order valence-corrected chi connectivity index (χ4v) is 1.61. The van der Waals surface area contributed by atoms with Crippen LogP contribution in [0, 0.1) is 11.8 Å². The highest BCUT2D eigenvalue weighted by Gasteiger charge is 2.07. The number of nitrogens with one attached hydrogen (secondary N) is 1. The van der Waals surface area contributed by atoms with Gasteiger partial charge in [-0.05, 0) is 24.9 Å². The molecule has 0 aromatic heterocycles. The Morgan fingerprint density at radius 3 is 2.21 bits per heavy atom. The van der Waals surface area contributed by atoms with Crippen molar-refractivity contribution in [3.05, 3.63) is 23.8 Å². The molecule has 0 unspecified atom stereocenters. The zero-order valence-electron chi connectivity index (χ0n) is 12.8. The summed E-state index contributed by atoms with van der Waals surface area (Å²) in [5.74, 6) is 2.84. The molecule has 3 heteroatoms. The van der Waals surface area contributed by atoms with E-state index in [2.05, 4.69) is 39.1 Å². The monoisotopic (exact) mass is 265 g/mol. The molecule has 1 aromatic rings. The van der Waals surface area contributed by atoms with Crippen LogP contribution < -0.4 is 14.8 Å². The van der Waals surface area contributed by atoms with E-state index in [-0.39, 0.29) is 0 Å². The molecule has 1 N–H and O–H groups in total. The molecule has 0 fully saturated rings. The molecular formula is C16H27NO2. The van der Waals surface area contributed by atoms with Crippen LogP contribution >= 0.6 is 0 Å². The highest BCUT2D eigenvalue weighted by Crippen LogP contribution is 2.26. The summed E-state index contributed by atoms with van der Waals surface area (Å²) >= 11 is 0. The average Bonchev–Trinajstić information content (AvgIpc) is 2.36. The van der Waals surface area contributed by atoms with Gasteiger partial charge in [-0.1, -0.05) is 33.8 Å². The van der Waals surface area contributed by atoms with Crippen LogP contribution in [-0.4, -0.2) is 20.3 Å². The molecule has 1 rings (SSSR count). The van der Waals surface area contributed by atoms with Crippen molar-refractivity contribution in [2.24, 2.45) is 11.8 Å². The van der Waals surface area contributed by atoms with Crippen molar-refractivity contribution in [1.29, 1.82) is 0 Å². The van der Waals surface area contributed by atoms with Crippen molar-refractivity contribution < 1.29 is 9.47 Å². The SMILES string of the molecule is CNCc1ccc(OCC(C)C)cc1OCC(C)C. The Morgan fingerprint density at radius 2 is 1.63 bits per heavy atom. The smallest absolute Gasteiger partial charge is 0.127 e. The van der Waals surface area contributed by atoms with Crippen molar-refractivity contribution >= 4 is 0 Å². The summed E-state index contributed by atoms with van der Waals surface area (Å²) in [5, 5.41) is 3.16. The largest absolute Gasteiger partial charge is 0.493 e. The van der Waals surface area contributed by atoms with Crippen molar-refractivity contribution in [2.45, 2.75) is 34.2 Å². The van der Waals surface area contributed by atoms with E-state index in [9.17, 15) is 0 Å². The molecule has 108 valence electrons. The van der Waals surface area contributed by atoms with Gasteiger partial charge in [0.15, 0.2) is 0 Å². The van der Waals surface area contributed by atoms with Crippen molar-refractivity contribution in [1.82, 2.24) is 5.32 Å². The first-order valence-electron chi connectivity index (χ1n) is 7.06. The van der Waals surface area contributed by atoms with E-state index in [0.29, 0.717) is 11.8 Å². The van der Waals surface area contributed by atoms with Gasteiger partial charge in [-0.2, -0.15) is 0 Å². The minimum absolute atomic E-state index is 0.516. The molecule has 0 aliphatic heterocycles. The lowest BCUT2D eigenvalue weighted by atomic mass is 10.1. The molecular weight excluding hydrogens is 238 g/mol. The lowest BCUT2D eigenvalue weighted by Gasteiger charge is -2.15. The van der Waals surface area contributed by atoms with Crippen LogP contribution in [0.3, 0.4) is 0 Å². The normalized spacial score (nSPS) is 11.1. The van der Waals surface area contributed by atoms with Gasteiger partial charge in [0.05, 0.1) is 13.2 Å². The first-order valence-corrected chi connectivity index (χ1v) is 7.06. The third-order valence-electron chi connectivity index (χ3n) is 2.56. The first-order chi connectivity index (χ1) is 9.02. The Kier molecular flexibility index (Phi) is 6.71. The second-order valence-electron chi connectivity index (χ2n) is 5.71. The molecule has 0 saturated heterocycles. The standard InChI is InChI=1S/C16H27NO2/c1-12(2)10-18-15-7-6-14(9-17-5)16(8-15)19-11-13(3)4/h6-8,12-13,17H,9-11H2,1-5H3. The van der Waals surface area contributed by atoms with Crippen LogP contribution in [0.4, 0.5) is 0 Å². The fourth-order valence-electron chi connectivity index (χ4n) is 1.61. The zero-order chi connectivity index (χ0) is 14.3. The van der Waals surface area contributed by atoms with Gasteiger partial charge < -0.3 is 14.8 Å². The van der Waals surface area contributed by atoms with Gasteiger partial charge in [-0.15, -0.1) is 0 Å². The summed E-state index contributed by atoms with van der Waals surface area (Å²) in [6.07, 6.45) is 0. The Labute approximate surface area is 117 Å². The maximum absolute atomic E-state index is 5.88. The van der Waals surface area contributed by atoms with E-state index in [4.69, 9.17) is 9.47 Å². The van der Waals surface area contributed by atoms with Crippen LogP contribution in [0.25, 0.3) is 0 Å². The quantitative estimate of drug-likeness (QED) is 0.780. The average molecular weight is 265 g/mol. The van der Waals surface area contributed by atoms with E-state index < -0.39 is 0 Å². The lowest BCUT2D eigenvalue weighted by molar-refractivity contribution is 0.256. The summed E-state index contributed by atoms with van der Waals surface area (Å²) in [5.41, 5.74) is 1.17. The highest BCUT2D eigenvalue weighted by atomic mass is 16.5. The number of ether oxygens (including phenoxy) is 2. The summed E-state index contributed by atoms with van der Waals surface area (Å²) in [6, 6.07) is 6.08. The highest BCUT2D eigenvalue weighted by molar-refractivity contribution is 5.40. The second kappa shape index (κ2) is 8.05. The maximum Gasteiger partial charge on any atom is 0.127 e. The fraction of sp³-hybridized carbons (Fsp3) is 0.625. The predicted octanol–water partition coefficient (Wildman–Crippen LogP) is 3.48. The third kappa shape index (κ3) is 5.97. The molecule has 0 bridgehead atoms. The summed E-state index contributed by atoms with van der Waals surface area (Å²) in [6.45, 7) is 10.8. The van der Waals surface area contributed by atoms with Crippen molar-refractivity contribution in [3.63, 3.8) is 0 Å². The molecule has 0 saturated carbocycles. The predicted molar refractivity (Wildman–Crippen MR) is 79.9 cm³/mol. The van der Waals surface area contributed by atoms with Crippen LogP contribution in [0.15, 0.2) is 18.2 Å². The van der Waals surface area contributed by atoms with Crippen molar-refractivity contribution in [2.75, 3.05) is 20.3 Å². The third-order valence-corrected chi connectivity index (χ3v) is 2.56. The molecule has 0 aliphatic rings. The Balaban J connectivity index is 2.77. The minimum atomic E-state index is 0.516. The Morgan fingerprint density at radius 1 is 1.00 bits per heavy atom. The Bertz CT molecular complexity index is 375. The summed E-state index contributed by atoms with van der Waals surface area (Å²) in [7, 11) is 1.94. The van der Waals surface area contributed by atoms with Gasteiger partial charge >= 0.3 is 0 Å². The molecule has 0 atom stereocenters. The molecule has 0 radical (unpaired) electrons. The van der Waals surface area contributed by atoms with Crippen LogP contribution in [0.1, 0.15) is 33.3 Å². The topological polar surface area (TPSA) is 30.5 Å². The van der Waals surface area contributed by atoms with E-state index in [0.717, 1.165) is 31.3 Å². The number of benzene rings is 1. The molecule has 0 amide bonds. The van der Waals surface area contributed by atoms with Gasteiger partial charge in [0.2, 0.25) is 0 Å². The van der Waals surface area contributed by atoms with Gasteiger partial charge in [0.1, 0.15) is 11.5 Å². The molecule has 3 nitrogen and oxygen atoms in total. The Hall–Kier alpha value is -1.22. The maximum atomic E-state index is 5.88. The molecule has 0 heterocycles. The molecule has 19 heavy (non-hydrogen) atoms. The minimum Gasteiger partial charge on any atom is -0.493 e. The van der Waals surface area contributed by atoms with Crippen LogP contribution in [0.5, 0.6) is 11.5 Å². The van der Waals surface area contributed by atoms with Crippen molar-refractivity contribution in [3.8, 4) is 11.5 Å². The lowest BCUT2D eigenvalue weighted by Crippen LogP contribution is -2.11. The van der Waals surface area contributed by atoms with Gasteiger partial charge in [0, 0.05) is 18.2 Å². The van der Waals surface area contributed by atoms with E-state index >= 15 is 0 Å².